The third-order valence-corrected chi connectivity index (χ3v) is 2.81. The number of carboxylic acids is 2. The van der Waals surface area contributed by atoms with Gasteiger partial charge in [-0.15, -0.1) is 0 Å². The van der Waals surface area contributed by atoms with Crippen molar-refractivity contribution in [2.45, 2.75) is 12.8 Å². The van der Waals surface area contributed by atoms with E-state index in [0.717, 1.165) is 10.0 Å². The van der Waals surface area contributed by atoms with E-state index in [4.69, 9.17) is 21.9 Å². The number of carboxylic acid groups (broad SMARTS) is 2. The monoisotopic (exact) mass is 340 g/mol. The van der Waals surface area contributed by atoms with E-state index in [0.29, 0.717) is 12.6 Å². The Bertz CT molecular complexity index is 595. The number of aliphatic carboxylic acids is 2. The lowest BCUT2D eigenvalue weighted by Crippen LogP contribution is -2.38. The standard InChI is InChI=1S/C12H16N6O6/c13-17(3-1-9(21)22)11-7(5-19)16-12(8(6-20)15-11)18(14)4-2-10(23)24/h5-6H,1-4,13-14H2,(H,21,22)(H,23,24). The minimum atomic E-state index is -1.11. The molecule has 1 aromatic rings. The molecule has 0 aliphatic rings. The first-order valence-electron chi connectivity index (χ1n) is 6.60. The first-order chi connectivity index (χ1) is 11.3. The quantitative estimate of drug-likeness (QED) is 0.217. The summed E-state index contributed by atoms with van der Waals surface area (Å²) in [5.41, 5.74) is -0.538. The van der Waals surface area contributed by atoms with Gasteiger partial charge in [0, 0.05) is 13.1 Å². The molecule has 0 fully saturated rings. The molecule has 0 amide bonds. The third-order valence-electron chi connectivity index (χ3n) is 2.81. The lowest BCUT2D eigenvalue weighted by Gasteiger charge is -2.22. The fraction of sp³-hybridized carbons (Fsp3) is 0.333. The number of anilines is 2. The molecule has 0 aliphatic carbocycles. The molecule has 0 spiro atoms. The van der Waals surface area contributed by atoms with Crippen molar-refractivity contribution < 1.29 is 29.4 Å². The lowest BCUT2D eigenvalue weighted by molar-refractivity contribution is -0.137. The van der Waals surface area contributed by atoms with Crippen molar-refractivity contribution in [3.63, 3.8) is 0 Å². The van der Waals surface area contributed by atoms with Gasteiger partial charge >= 0.3 is 11.9 Å². The molecule has 0 bridgehead atoms. The number of rotatable bonds is 10. The lowest BCUT2D eigenvalue weighted by atomic mass is 10.3. The number of nitrogens with zero attached hydrogens (tertiary/aromatic N) is 4. The van der Waals surface area contributed by atoms with Crippen LogP contribution in [0.1, 0.15) is 33.8 Å². The highest BCUT2D eigenvalue weighted by Gasteiger charge is 2.20. The second kappa shape index (κ2) is 8.50. The SMILES string of the molecule is NN(CCC(=O)O)c1nc(C=O)c(N(N)CCC(=O)O)nc1C=O. The van der Waals surface area contributed by atoms with Gasteiger partial charge in [0.1, 0.15) is 11.4 Å². The Balaban J connectivity index is 3.16. The van der Waals surface area contributed by atoms with Crippen molar-refractivity contribution in [1.82, 2.24) is 9.97 Å². The number of hydrazine groups is 2. The van der Waals surface area contributed by atoms with Gasteiger partial charge in [-0.25, -0.2) is 21.7 Å². The fourth-order valence-electron chi connectivity index (χ4n) is 1.67. The first kappa shape index (κ1) is 18.9. The zero-order chi connectivity index (χ0) is 18.3. The van der Waals surface area contributed by atoms with Crippen molar-refractivity contribution in [2.75, 3.05) is 23.1 Å². The molecule has 0 saturated carbocycles. The second-order valence-electron chi connectivity index (χ2n) is 4.55. The molecule has 12 nitrogen and oxygen atoms in total. The minimum absolute atomic E-state index is 0.173. The summed E-state index contributed by atoms with van der Waals surface area (Å²) in [7, 11) is 0. The maximum Gasteiger partial charge on any atom is 0.305 e. The van der Waals surface area contributed by atoms with Gasteiger partial charge in [0.15, 0.2) is 24.2 Å². The van der Waals surface area contributed by atoms with Crippen LogP contribution in [0.25, 0.3) is 0 Å². The summed E-state index contributed by atoms with van der Waals surface area (Å²) in [6, 6.07) is 0. The van der Waals surface area contributed by atoms with Gasteiger partial charge in [-0.1, -0.05) is 0 Å². The molecule has 0 saturated heterocycles. The number of aromatic nitrogens is 2. The van der Waals surface area contributed by atoms with Crippen LogP contribution in [0, 0.1) is 0 Å². The van der Waals surface area contributed by atoms with Crippen LogP contribution in [0.4, 0.5) is 11.6 Å². The number of hydrogen-bond donors (Lipinski definition) is 4. The van der Waals surface area contributed by atoms with Gasteiger partial charge < -0.3 is 10.2 Å². The van der Waals surface area contributed by atoms with Crippen LogP contribution in [-0.2, 0) is 9.59 Å². The number of carbonyl (C=O) groups is 4. The van der Waals surface area contributed by atoms with Crippen LogP contribution in [0.5, 0.6) is 0 Å². The average molecular weight is 340 g/mol. The van der Waals surface area contributed by atoms with Crippen molar-refractivity contribution in [3.8, 4) is 0 Å². The van der Waals surface area contributed by atoms with Crippen LogP contribution in [0.3, 0.4) is 0 Å². The molecular weight excluding hydrogens is 324 g/mol. The Morgan fingerprint density at radius 2 is 1.21 bits per heavy atom. The molecule has 0 aromatic carbocycles. The van der Waals surface area contributed by atoms with E-state index in [1.807, 2.05) is 0 Å². The predicted molar refractivity (Wildman–Crippen MR) is 80.4 cm³/mol. The van der Waals surface area contributed by atoms with Gasteiger partial charge in [-0.05, 0) is 0 Å². The maximum absolute atomic E-state index is 11.2. The zero-order valence-electron chi connectivity index (χ0n) is 12.5. The van der Waals surface area contributed by atoms with Crippen LogP contribution in [0.2, 0.25) is 0 Å². The van der Waals surface area contributed by atoms with Crippen molar-refractivity contribution in [3.05, 3.63) is 11.4 Å². The highest BCUT2D eigenvalue weighted by atomic mass is 16.4. The van der Waals surface area contributed by atoms with Crippen LogP contribution >= 0.6 is 0 Å². The fourth-order valence-corrected chi connectivity index (χ4v) is 1.67. The van der Waals surface area contributed by atoms with E-state index >= 15 is 0 Å². The molecule has 0 aliphatic heterocycles. The van der Waals surface area contributed by atoms with E-state index < -0.39 is 11.9 Å². The van der Waals surface area contributed by atoms with Crippen LogP contribution < -0.4 is 21.7 Å². The minimum Gasteiger partial charge on any atom is -0.481 e. The molecule has 0 radical (unpaired) electrons. The summed E-state index contributed by atoms with van der Waals surface area (Å²) < 4.78 is 0. The van der Waals surface area contributed by atoms with Crippen LogP contribution in [0.15, 0.2) is 0 Å². The predicted octanol–water partition coefficient (Wildman–Crippen LogP) is -1.59. The average Bonchev–Trinajstić information content (AvgIpc) is 2.55. The first-order valence-corrected chi connectivity index (χ1v) is 6.60. The summed E-state index contributed by atoms with van der Waals surface area (Å²) in [5.74, 6) is 8.67. The second-order valence-corrected chi connectivity index (χ2v) is 4.55. The molecular formula is C12H16N6O6. The Morgan fingerprint density at radius 3 is 1.46 bits per heavy atom. The molecule has 0 atom stereocenters. The normalized spacial score (nSPS) is 10.1. The summed E-state index contributed by atoms with van der Waals surface area (Å²) in [6.07, 6.45) is -0.0231. The van der Waals surface area contributed by atoms with Gasteiger partial charge in [0.05, 0.1) is 12.8 Å². The third kappa shape index (κ3) is 4.96. The van der Waals surface area contributed by atoms with Crippen molar-refractivity contribution >= 4 is 36.1 Å². The van der Waals surface area contributed by atoms with Gasteiger partial charge in [-0.3, -0.25) is 29.2 Å². The highest BCUT2D eigenvalue weighted by Crippen LogP contribution is 2.19. The molecule has 12 heteroatoms. The summed E-state index contributed by atoms with van der Waals surface area (Å²) in [5, 5.41) is 19.0. The Hall–Kier alpha value is -3.12. The molecule has 24 heavy (non-hydrogen) atoms. The van der Waals surface area contributed by atoms with E-state index in [2.05, 4.69) is 9.97 Å². The maximum atomic E-state index is 11.2. The Labute approximate surface area is 135 Å². The number of nitrogens with two attached hydrogens (primary N) is 2. The largest absolute Gasteiger partial charge is 0.481 e. The summed E-state index contributed by atoms with van der Waals surface area (Å²) in [6.45, 7) is -0.346. The van der Waals surface area contributed by atoms with Crippen molar-refractivity contribution in [2.24, 2.45) is 11.7 Å². The smallest absolute Gasteiger partial charge is 0.305 e. The summed E-state index contributed by atoms with van der Waals surface area (Å²) in [4.78, 5) is 51.2. The molecule has 6 N–H and O–H groups in total. The van der Waals surface area contributed by atoms with E-state index in [-0.39, 0.29) is 49.0 Å². The Morgan fingerprint density at radius 1 is 0.875 bits per heavy atom. The van der Waals surface area contributed by atoms with Gasteiger partial charge in [0.2, 0.25) is 0 Å². The van der Waals surface area contributed by atoms with Crippen molar-refractivity contribution in [1.29, 1.82) is 0 Å². The number of hydrogen-bond acceptors (Lipinski definition) is 10. The molecule has 1 rings (SSSR count). The zero-order valence-corrected chi connectivity index (χ0v) is 12.5. The van der Waals surface area contributed by atoms with Gasteiger partial charge in [-0.2, -0.15) is 0 Å². The highest BCUT2D eigenvalue weighted by molar-refractivity contribution is 5.86. The van der Waals surface area contributed by atoms with E-state index in [1.54, 1.807) is 0 Å². The Kier molecular flexibility index (Phi) is 6.70. The topological polar surface area (TPSA) is 193 Å². The molecule has 130 valence electrons. The summed E-state index contributed by atoms with van der Waals surface area (Å²) >= 11 is 0. The number of aldehydes is 2. The molecule has 1 heterocycles. The molecule has 1 aromatic heterocycles. The van der Waals surface area contributed by atoms with Crippen LogP contribution in [-0.4, -0.2) is 57.8 Å². The van der Waals surface area contributed by atoms with Gasteiger partial charge in [0.25, 0.3) is 0 Å². The van der Waals surface area contributed by atoms with E-state index in [9.17, 15) is 19.2 Å². The molecule has 0 unspecified atom stereocenters. The van der Waals surface area contributed by atoms with E-state index in [1.165, 1.54) is 0 Å². The number of carbonyl (C=O) groups excluding carboxylic acids is 2.